The van der Waals surface area contributed by atoms with E-state index in [0.717, 1.165) is 0 Å². The molecule has 0 radical (unpaired) electrons. The van der Waals surface area contributed by atoms with Crippen LogP contribution >= 0.6 is 0 Å². The highest BCUT2D eigenvalue weighted by atomic mass is 16.4. The predicted molar refractivity (Wildman–Crippen MR) is 69.0 cm³/mol. The van der Waals surface area contributed by atoms with Crippen molar-refractivity contribution in [1.29, 1.82) is 0 Å². The van der Waals surface area contributed by atoms with Gasteiger partial charge in [0, 0.05) is 16.8 Å². The van der Waals surface area contributed by atoms with Gasteiger partial charge in [-0.3, -0.25) is 4.79 Å². The van der Waals surface area contributed by atoms with Crippen molar-refractivity contribution in [3.05, 3.63) is 35.5 Å². The van der Waals surface area contributed by atoms with E-state index in [4.69, 9.17) is 0 Å². The topological polar surface area (TPSA) is 70.2 Å². The van der Waals surface area contributed by atoms with Crippen LogP contribution < -0.4 is 0 Å². The van der Waals surface area contributed by atoms with Crippen molar-refractivity contribution in [2.75, 3.05) is 0 Å². The number of ketones is 1. The molecular weight excluding hydrogens is 230 g/mol. The molecule has 4 heteroatoms. The third-order valence-corrected chi connectivity index (χ3v) is 3.23. The molecule has 0 aliphatic heterocycles. The van der Waals surface area contributed by atoms with E-state index in [1.54, 1.807) is 25.1 Å². The molecule has 0 aliphatic rings. The Balaban J connectivity index is 2.67. The molecule has 94 valence electrons. The number of carboxylic acid groups (broad SMARTS) is 1. The normalized spacial score (nSPS) is 12.6. The van der Waals surface area contributed by atoms with Gasteiger partial charge in [-0.1, -0.05) is 32.0 Å². The van der Waals surface area contributed by atoms with Gasteiger partial charge in [0.25, 0.3) is 0 Å². The number of Topliss-reactive ketones (excluding diaryl/α,β-unsaturated/α-hetero) is 1. The number of aromatic amines is 1. The van der Waals surface area contributed by atoms with Crippen molar-refractivity contribution >= 4 is 22.7 Å². The van der Waals surface area contributed by atoms with Crippen molar-refractivity contribution in [1.82, 2.24) is 4.98 Å². The van der Waals surface area contributed by atoms with Crippen LogP contribution in [0, 0.1) is 5.92 Å². The molecule has 4 nitrogen and oxygen atoms in total. The van der Waals surface area contributed by atoms with E-state index in [0.29, 0.717) is 17.3 Å². The SMILES string of the molecule is CC[C@@H](C)C(=O)c1[nH]c2ccccc2c1C(=O)O. The van der Waals surface area contributed by atoms with E-state index >= 15 is 0 Å². The van der Waals surface area contributed by atoms with Gasteiger partial charge >= 0.3 is 5.97 Å². The Bertz CT molecular complexity index is 613. The van der Waals surface area contributed by atoms with Crippen LogP contribution in [0.25, 0.3) is 10.9 Å². The maximum Gasteiger partial charge on any atom is 0.338 e. The first kappa shape index (κ1) is 12.4. The lowest BCUT2D eigenvalue weighted by Gasteiger charge is -2.06. The lowest BCUT2D eigenvalue weighted by atomic mass is 9.98. The molecule has 2 rings (SSSR count). The average molecular weight is 245 g/mol. The van der Waals surface area contributed by atoms with Crippen LogP contribution in [0.5, 0.6) is 0 Å². The van der Waals surface area contributed by atoms with Crippen molar-refractivity contribution in [3.8, 4) is 0 Å². The summed E-state index contributed by atoms with van der Waals surface area (Å²) < 4.78 is 0. The van der Waals surface area contributed by atoms with Crippen LogP contribution in [0.4, 0.5) is 0 Å². The summed E-state index contributed by atoms with van der Waals surface area (Å²) in [5.74, 6) is -1.40. The fourth-order valence-electron chi connectivity index (χ4n) is 1.98. The molecule has 1 aromatic heterocycles. The number of carboxylic acids is 1. The third kappa shape index (κ3) is 1.90. The molecule has 18 heavy (non-hydrogen) atoms. The number of hydrogen-bond acceptors (Lipinski definition) is 2. The summed E-state index contributed by atoms with van der Waals surface area (Å²) >= 11 is 0. The van der Waals surface area contributed by atoms with E-state index in [2.05, 4.69) is 4.98 Å². The zero-order chi connectivity index (χ0) is 13.3. The summed E-state index contributed by atoms with van der Waals surface area (Å²) in [5, 5.41) is 9.86. The second-order valence-electron chi connectivity index (χ2n) is 4.40. The summed E-state index contributed by atoms with van der Waals surface area (Å²) in [5.41, 5.74) is 0.968. The molecule has 0 fully saturated rings. The Morgan fingerprint density at radius 3 is 2.61 bits per heavy atom. The number of benzene rings is 1. The molecule has 0 bridgehead atoms. The second-order valence-corrected chi connectivity index (χ2v) is 4.40. The lowest BCUT2D eigenvalue weighted by molar-refractivity contribution is 0.0692. The van der Waals surface area contributed by atoms with Crippen LogP contribution in [0.2, 0.25) is 0 Å². The van der Waals surface area contributed by atoms with Gasteiger partial charge in [-0.25, -0.2) is 4.79 Å². The van der Waals surface area contributed by atoms with Crippen LogP contribution in [0.15, 0.2) is 24.3 Å². The smallest absolute Gasteiger partial charge is 0.338 e. The highest BCUT2D eigenvalue weighted by molar-refractivity contribution is 6.14. The molecule has 0 saturated heterocycles. The number of hydrogen-bond donors (Lipinski definition) is 2. The van der Waals surface area contributed by atoms with Crippen LogP contribution in [0.3, 0.4) is 0 Å². The number of carbonyl (C=O) groups excluding carboxylic acids is 1. The molecule has 0 spiro atoms. The molecule has 1 aromatic carbocycles. The molecule has 0 unspecified atom stereocenters. The molecule has 0 saturated carbocycles. The van der Waals surface area contributed by atoms with Crippen molar-refractivity contribution in [3.63, 3.8) is 0 Å². The summed E-state index contributed by atoms with van der Waals surface area (Å²) in [6, 6.07) is 7.06. The summed E-state index contributed by atoms with van der Waals surface area (Å²) in [6.45, 7) is 3.71. The monoisotopic (exact) mass is 245 g/mol. The first-order valence-corrected chi connectivity index (χ1v) is 5.94. The lowest BCUT2D eigenvalue weighted by Crippen LogP contribution is -2.14. The van der Waals surface area contributed by atoms with Crippen molar-refractivity contribution in [2.45, 2.75) is 20.3 Å². The van der Waals surface area contributed by atoms with Gasteiger partial charge in [0.2, 0.25) is 0 Å². The maximum atomic E-state index is 12.2. The minimum atomic E-state index is -1.07. The molecular formula is C14H15NO3. The van der Waals surface area contributed by atoms with Gasteiger partial charge in [0.1, 0.15) is 0 Å². The van der Waals surface area contributed by atoms with Gasteiger partial charge in [0.15, 0.2) is 5.78 Å². The zero-order valence-corrected chi connectivity index (χ0v) is 10.4. The van der Waals surface area contributed by atoms with Gasteiger partial charge in [-0.15, -0.1) is 0 Å². The van der Waals surface area contributed by atoms with Crippen molar-refractivity contribution in [2.24, 2.45) is 5.92 Å². The molecule has 0 amide bonds. The second kappa shape index (κ2) is 4.64. The summed E-state index contributed by atoms with van der Waals surface area (Å²) in [4.78, 5) is 26.4. The van der Waals surface area contributed by atoms with E-state index in [-0.39, 0.29) is 23.0 Å². The first-order valence-electron chi connectivity index (χ1n) is 5.94. The quantitative estimate of drug-likeness (QED) is 0.813. The Hall–Kier alpha value is -2.10. The zero-order valence-electron chi connectivity index (χ0n) is 10.4. The number of aromatic carboxylic acids is 1. The largest absolute Gasteiger partial charge is 0.478 e. The number of para-hydroxylation sites is 1. The molecule has 1 heterocycles. The van der Waals surface area contributed by atoms with E-state index in [1.807, 2.05) is 13.0 Å². The minimum Gasteiger partial charge on any atom is -0.478 e. The van der Waals surface area contributed by atoms with Gasteiger partial charge in [-0.05, 0) is 12.5 Å². The minimum absolute atomic E-state index is 0.0795. The van der Waals surface area contributed by atoms with E-state index in [1.165, 1.54) is 0 Å². The van der Waals surface area contributed by atoms with Gasteiger partial charge < -0.3 is 10.1 Å². The van der Waals surface area contributed by atoms with Crippen molar-refractivity contribution < 1.29 is 14.7 Å². The fraction of sp³-hybridized carbons (Fsp3) is 0.286. The number of fused-ring (bicyclic) bond motifs is 1. The van der Waals surface area contributed by atoms with E-state index < -0.39 is 5.97 Å². The molecule has 1 atom stereocenters. The highest BCUT2D eigenvalue weighted by Crippen LogP contribution is 2.25. The summed E-state index contributed by atoms with van der Waals surface area (Å²) in [6.07, 6.45) is 0.688. The van der Waals surface area contributed by atoms with Crippen LogP contribution in [-0.4, -0.2) is 21.8 Å². The number of rotatable bonds is 4. The van der Waals surface area contributed by atoms with E-state index in [9.17, 15) is 14.7 Å². The highest BCUT2D eigenvalue weighted by Gasteiger charge is 2.24. The Morgan fingerprint density at radius 2 is 2.00 bits per heavy atom. The van der Waals surface area contributed by atoms with Crippen LogP contribution in [0.1, 0.15) is 41.1 Å². The predicted octanol–water partition coefficient (Wildman–Crippen LogP) is 3.09. The van der Waals surface area contributed by atoms with Gasteiger partial charge in [0.05, 0.1) is 11.3 Å². The average Bonchev–Trinajstić information content (AvgIpc) is 2.76. The molecule has 2 aromatic rings. The maximum absolute atomic E-state index is 12.2. The Morgan fingerprint density at radius 1 is 1.33 bits per heavy atom. The molecule has 2 N–H and O–H groups in total. The Labute approximate surface area is 105 Å². The Kier molecular flexibility index (Phi) is 3.19. The first-order chi connectivity index (χ1) is 8.56. The third-order valence-electron chi connectivity index (χ3n) is 3.23. The number of carbonyl (C=O) groups is 2. The number of aromatic nitrogens is 1. The molecule has 0 aliphatic carbocycles. The number of H-pyrrole nitrogens is 1. The standard InChI is InChI=1S/C14H15NO3/c1-3-8(2)13(16)12-11(14(17)18)9-6-4-5-7-10(9)15-12/h4-8,15H,3H2,1-2H3,(H,17,18)/t8-/m1/s1. The van der Waals surface area contributed by atoms with Crippen LogP contribution in [-0.2, 0) is 0 Å². The fourth-order valence-corrected chi connectivity index (χ4v) is 1.98. The van der Waals surface area contributed by atoms with Gasteiger partial charge in [-0.2, -0.15) is 0 Å². The number of nitrogens with one attached hydrogen (secondary N) is 1. The summed E-state index contributed by atoms with van der Waals surface area (Å²) in [7, 11) is 0.